The maximum absolute atomic E-state index is 4.17. The lowest BCUT2D eigenvalue weighted by atomic mass is 10.3. The van der Waals surface area contributed by atoms with Gasteiger partial charge in [-0.2, -0.15) is 0 Å². The van der Waals surface area contributed by atoms with Crippen LogP contribution in [0.25, 0.3) is 0 Å². The van der Waals surface area contributed by atoms with Gasteiger partial charge in [0.1, 0.15) is 0 Å². The highest BCUT2D eigenvalue weighted by Crippen LogP contribution is 1.88. The molecule has 0 aliphatic rings. The minimum Gasteiger partial charge on any atom is -0.295 e. The molecule has 2 heteroatoms. The Morgan fingerprint density at radius 2 is 2.20 bits per heavy atom. The summed E-state index contributed by atoms with van der Waals surface area (Å²) in [4.78, 5) is 8.33. The Morgan fingerprint density at radius 3 is 2.70 bits per heavy atom. The molecule has 0 aromatic rings. The summed E-state index contributed by atoms with van der Waals surface area (Å²) in [6.45, 7) is 6.89. The van der Waals surface area contributed by atoms with Crippen molar-refractivity contribution in [1.29, 1.82) is 0 Å². The summed E-state index contributed by atoms with van der Waals surface area (Å²) in [6.07, 6.45) is 4.77. The Morgan fingerprint density at radius 1 is 1.50 bits per heavy atom. The number of hydrogen-bond donors (Lipinski definition) is 0. The molecule has 0 heterocycles. The van der Waals surface area contributed by atoms with Crippen LogP contribution in [0.1, 0.15) is 27.2 Å². The second kappa shape index (κ2) is 6.46. The molecule has 2 nitrogen and oxygen atoms in total. The van der Waals surface area contributed by atoms with Crippen molar-refractivity contribution in [2.24, 2.45) is 9.98 Å². The predicted octanol–water partition coefficient (Wildman–Crippen LogP) is 1.95. The average Bonchev–Trinajstić information content (AvgIpc) is 1.89. The van der Waals surface area contributed by atoms with E-state index in [0.717, 1.165) is 13.0 Å². The van der Waals surface area contributed by atoms with Gasteiger partial charge in [-0.25, -0.2) is 0 Å². The fourth-order valence-corrected chi connectivity index (χ4v) is 0.658. The van der Waals surface area contributed by atoms with E-state index in [-0.39, 0.29) is 0 Å². The largest absolute Gasteiger partial charge is 0.295 e. The molecule has 0 rings (SSSR count). The summed E-state index contributed by atoms with van der Waals surface area (Å²) in [6, 6.07) is 0.341. The van der Waals surface area contributed by atoms with Crippen LogP contribution in [0.3, 0.4) is 0 Å². The lowest BCUT2D eigenvalue weighted by molar-refractivity contribution is 0.759. The molecular formula is C8H16N2. The Kier molecular flexibility index (Phi) is 6.03. The maximum atomic E-state index is 4.17. The van der Waals surface area contributed by atoms with E-state index in [1.165, 1.54) is 0 Å². The van der Waals surface area contributed by atoms with Gasteiger partial charge in [-0.3, -0.25) is 9.98 Å². The van der Waals surface area contributed by atoms with E-state index in [1.54, 1.807) is 0 Å². The molecule has 0 amide bonds. The first-order valence-corrected chi connectivity index (χ1v) is 3.77. The first-order chi connectivity index (χ1) is 4.81. The number of hydrogen-bond acceptors (Lipinski definition) is 2. The fourth-order valence-electron chi connectivity index (χ4n) is 0.658. The van der Waals surface area contributed by atoms with Gasteiger partial charge in [-0.05, 0) is 32.7 Å². The molecular weight excluding hydrogens is 124 g/mol. The van der Waals surface area contributed by atoms with Gasteiger partial charge in [-0.15, -0.1) is 0 Å². The third kappa shape index (κ3) is 5.48. The third-order valence-corrected chi connectivity index (χ3v) is 1.08. The van der Waals surface area contributed by atoms with Crippen LogP contribution in [0.4, 0.5) is 0 Å². The van der Waals surface area contributed by atoms with E-state index in [4.69, 9.17) is 0 Å². The predicted molar refractivity (Wildman–Crippen MR) is 47.3 cm³/mol. The highest BCUT2D eigenvalue weighted by atomic mass is 14.8. The molecule has 0 aromatic carbocycles. The quantitative estimate of drug-likeness (QED) is 0.533. The normalized spacial score (nSPS) is 15.1. The Hall–Kier alpha value is -0.660. The van der Waals surface area contributed by atoms with Crippen LogP contribution in [-0.2, 0) is 0 Å². The monoisotopic (exact) mass is 140 g/mol. The number of nitrogens with zero attached hydrogens (tertiary/aromatic N) is 2. The van der Waals surface area contributed by atoms with E-state index >= 15 is 0 Å². The molecule has 0 aromatic heterocycles. The zero-order valence-electron chi connectivity index (χ0n) is 7.04. The van der Waals surface area contributed by atoms with E-state index in [9.17, 15) is 0 Å². The van der Waals surface area contributed by atoms with Gasteiger partial charge in [0.2, 0.25) is 0 Å². The van der Waals surface area contributed by atoms with Gasteiger partial charge in [0.25, 0.3) is 0 Å². The van der Waals surface area contributed by atoms with Crippen molar-refractivity contribution < 1.29 is 0 Å². The highest BCUT2D eigenvalue weighted by molar-refractivity contribution is 5.56. The average molecular weight is 140 g/mol. The van der Waals surface area contributed by atoms with E-state index in [2.05, 4.69) is 23.8 Å². The van der Waals surface area contributed by atoms with Crippen molar-refractivity contribution in [3.05, 3.63) is 0 Å². The highest BCUT2D eigenvalue weighted by Gasteiger charge is 1.91. The third-order valence-electron chi connectivity index (χ3n) is 1.08. The lowest BCUT2D eigenvalue weighted by Crippen LogP contribution is -2.02. The summed E-state index contributed by atoms with van der Waals surface area (Å²) in [5, 5.41) is 0. The molecule has 0 spiro atoms. The molecule has 0 aliphatic heterocycles. The minimum absolute atomic E-state index is 0.341. The molecule has 0 bridgehead atoms. The van der Waals surface area contributed by atoms with E-state index in [0.29, 0.717) is 6.04 Å². The molecule has 0 saturated heterocycles. The van der Waals surface area contributed by atoms with E-state index < -0.39 is 0 Å². The van der Waals surface area contributed by atoms with Gasteiger partial charge in [0.15, 0.2) is 0 Å². The molecule has 0 fully saturated rings. The zero-order valence-corrected chi connectivity index (χ0v) is 7.04. The first kappa shape index (κ1) is 9.34. The minimum atomic E-state index is 0.341. The smallest absolute Gasteiger partial charge is 0.0662 e. The molecule has 0 saturated carbocycles. The van der Waals surface area contributed by atoms with Crippen molar-refractivity contribution in [2.45, 2.75) is 33.2 Å². The standard InChI is InChI=1S/C8H16N2/c1-4-6-9-7-8(3)10-5-2/h5-6,8H,4,7H2,1-3H3. The lowest BCUT2D eigenvalue weighted by Gasteiger charge is -1.98. The Bertz CT molecular complexity index is 116. The van der Waals surface area contributed by atoms with Crippen LogP contribution >= 0.6 is 0 Å². The summed E-state index contributed by atoms with van der Waals surface area (Å²) in [7, 11) is 0. The van der Waals surface area contributed by atoms with Crippen LogP contribution in [0, 0.1) is 0 Å². The maximum Gasteiger partial charge on any atom is 0.0662 e. The topological polar surface area (TPSA) is 24.7 Å². The summed E-state index contributed by atoms with van der Waals surface area (Å²) >= 11 is 0. The summed E-state index contributed by atoms with van der Waals surface area (Å²) in [5.74, 6) is 0. The van der Waals surface area contributed by atoms with Gasteiger partial charge >= 0.3 is 0 Å². The van der Waals surface area contributed by atoms with Crippen molar-refractivity contribution in [2.75, 3.05) is 6.54 Å². The molecule has 1 atom stereocenters. The van der Waals surface area contributed by atoms with Crippen LogP contribution in [0.2, 0.25) is 0 Å². The van der Waals surface area contributed by atoms with Crippen LogP contribution in [0.15, 0.2) is 9.98 Å². The Balaban J connectivity index is 3.38. The summed E-state index contributed by atoms with van der Waals surface area (Å²) in [5.41, 5.74) is 0. The molecule has 0 radical (unpaired) electrons. The van der Waals surface area contributed by atoms with Gasteiger partial charge < -0.3 is 0 Å². The first-order valence-electron chi connectivity index (χ1n) is 3.77. The molecule has 0 aliphatic carbocycles. The molecule has 0 N–H and O–H groups in total. The van der Waals surface area contributed by atoms with Crippen molar-refractivity contribution >= 4 is 12.4 Å². The van der Waals surface area contributed by atoms with Crippen LogP contribution in [0.5, 0.6) is 0 Å². The summed E-state index contributed by atoms with van der Waals surface area (Å²) < 4.78 is 0. The van der Waals surface area contributed by atoms with Gasteiger partial charge in [0, 0.05) is 0 Å². The van der Waals surface area contributed by atoms with Gasteiger partial charge in [0.05, 0.1) is 12.6 Å². The van der Waals surface area contributed by atoms with Gasteiger partial charge in [-0.1, -0.05) is 6.92 Å². The number of rotatable bonds is 4. The van der Waals surface area contributed by atoms with Crippen LogP contribution in [-0.4, -0.2) is 25.0 Å². The zero-order chi connectivity index (χ0) is 7.82. The van der Waals surface area contributed by atoms with Crippen LogP contribution < -0.4 is 0 Å². The molecule has 1 unspecified atom stereocenters. The van der Waals surface area contributed by atoms with Crippen molar-refractivity contribution in [3.8, 4) is 0 Å². The molecule has 10 heavy (non-hydrogen) atoms. The fraction of sp³-hybridized carbons (Fsp3) is 0.750. The SMILES string of the molecule is CC=NC(C)CN=CCC. The van der Waals surface area contributed by atoms with Crippen molar-refractivity contribution in [1.82, 2.24) is 0 Å². The molecule has 58 valence electrons. The second-order valence-corrected chi connectivity index (χ2v) is 2.21. The van der Waals surface area contributed by atoms with E-state index in [1.807, 2.05) is 19.4 Å². The van der Waals surface area contributed by atoms with Crippen molar-refractivity contribution in [3.63, 3.8) is 0 Å². The number of aliphatic imine (C=N–C) groups is 2. The Labute approximate surface area is 63.1 Å². The second-order valence-electron chi connectivity index (χ2n) is 2.21.